The van der Waals surface area contributed by atoms with Gasteiger partial charge in [-0.1, -0.05) is 66.2 Å². The highest BCUT2D eigenvalue weighted by molar-refractivity contribution is 6.36. The van der Waals surface area contributed by atoms with Crippen LogP contribution in [0.15, 0.2) is 78.9 Å². The van der Waals surface area contributed by atoms with Crippen LogP contribution in [0.1, 0.15) is 23.2 Å². The third-order valence-electron chi connectivity index (χ3n) is 8.06. The number of fused-ring (bicyclic) bond motifs is 8. The van der Waals surface area contributed by atoms with Crippen molar-refractivity contribution in [2.75, 3.05) is 24.6 Å². The molecule has 0 unspecified atom stereocenters. The fourth-order valence-corrected chi connectivity index (χ4v) is 6.43. The van der Waals surface area contributed by atoms with Crippen molar-refractivity contribution >= 4 is 28.9 Å². The SMILES string of the molecule is Cc1nc2cc3nn2c(c1CC(=O)O)-c1ccc2c(c1Cl)N(C/C=C\CCc1ccccc1-c1cccc-3c1)CCO2. The molecule has 8 heteroatoms. The number of carbonyl (C=O) groups is 1. The Kier molecular flexibility index (Phi) is 6.67. The van der Waals surface area contributed by atoms with Gasteiger partial charge in [0.15, 0.2) is 5.65 Å². The minimum Gasteiger partial charge on any atom is -0.490 e. The first-order valence-electron chi connectivity index (χ1n) is 14.1. The maximum atomic E-state index is 12.0. The molecule has 0 saturated carbocycles. The van der Waals surface area contributed by atoms with Crippen LogP contribution in [0.5, 0.6) is 5.75 Å². The Bertz CT molecular complexity index is 1890. The summed E-state index contributed by atoms with van der Waals surface area (Å²) >= 11 is 7.21. The van der Waals surface area contributed by atoms with E-state index in [0.29, 0.717) is 58.6 Å². The summed E-state index contributed by atoms with van der Waals surface area (Å²) in [6, 6.07) is 22.7. The Labute approximate surface area is 248 Å². The number of ether oxygens (including phenoxy) is 1. The van der Waals surface area contributed by atoms with Crippen molar-refractivity contribution in [2.45, 2.75) is 26.2 Å². The second-order valence-electron chi connectivity index (χ2n) is 10.7. The Hall–Kier alpha value is -4.62. The van der Waals surface area contributed by atoms with E-state index in [0.717, 1.165) is 35.3 Å². The largest absolute Gasteiger partial charge is 0.490 e. The summed E-state index contributed by atoms with van der Waals surface area (Å²) in [5.74, 6) is -0.232. The van der Waals surface area contributed by atoms with Gasteiger partial charge in [0, 0.05) is 35.0 Å². The quantitative estimate of drug-likeness (QED) is 0.227. The topological polar surface area (TPSA) is 80.0 Å². The van der Waals surface area contributed by atoms with Gasteiger partial charge in [-0.05, 0) is 54.7 Å². The number of carboxylic acid groups (broad SMARTS) is 1. The summed E-state index contributed by atoms with van der Waals surface area (Å²) in [5, 5.41) is 15.4. The third kappa shape index (κ3) is 4.60. The van der Waals surface area contributed by atoms with E-state index in [9.17, 15) is 9.90 Å². The van der Waals surface area contributed by atoms with Crippen LogP contribution in [0.25, 0.3) is 39.3 Å². The zero-order valence-electron chi connectivity index (χ0n) is 23.2. The average Bonchev–Trinajstić information content (AvgIpc) is 3.41. The van der Waals surface area contributed by atoms with Crippen LogP contribution < -0.4 is 9.64 Å². The second kappa shape index (κ2) is 10.7. The molecule has 0 saturated heterocycles. The molecule has 7 nitrogen and oxygen atoms in total. The first kappa shape index (κ1) is 26.3. The maximum absolute atomic E-state index is 12.0. The van der Waals surface area contributed by atoms with Gasteiger partial charge in [0.05, 0.1) is 35.1 Å². The van der Waals surface area contributed by atoms with E-state index in [1.54, 1.807) is 4.52 Å². The third-order valence-corrected chi connectivity index (χ3v) is 8.45. The second-order valence-corrected chi connectivity index (χ2v) is 11.1. The predicted octanol–water partition coefficient (Wildman–Crippen LogP) is 7.02. The van der Waals surface area contributed by atoms with E-state index < -0.39 is 5.97 Å². The maximum Gasteiger partial charge on any atom is 0.307 e. The highest BCUT2D eigenvalue weighted by Crippen LogP contribution is 2.45. The highest BCUT2D eigenvalue weighted by Gasteiger charge is 2.27. The number of aryl methyl sites for hydroxylation is 2. The summed E-state index contributed by atoms with van der Waals surface area (Å²) in [6.45, 7) is 3.78. The van der Waals surface area contributed by atoms with Gasteiger partial charge in [0.25, 0.3) is 0 Å². The number of benzene rings is 3. The van der Waals surface area contributed by atoms with E-state index in [1.807, 2.05) is 37.3 Å². The lowest BCUT2D eigenvalue weighted by molar-refractivity contribution is -0.136. The molecule has 6 bridgehead atoms. The van der Waals surface area contributed by atoms with E-state index in [1.165, 1.54) is 11.1 Å². The molecule has 0 radical (unpaired) electrons. The Morgan fingerprint density at radius 2 is 1.88 bits per heavy atom. The number of aromatic nitrogens is 3. The minimum atomic E-state index is -0.946. The lowest BCUT2D eigenvalue weighted by Crippen LogP contribution is -2.33. The molecule has 0 spiro atoms. The van der Waals surface area contributed by atoms with Crippen LogP contribution in [0.2, 0.25) is 5.02 Å². The first-order chi connectivity index (χ1) is 20.5. The molecule has 7 rings (SSSR count). The summed E-state index contributed by atoms with van der Waals surface area (Å²) in [7, 11) is 0. The molecule has 0 atom stereocenters. The van der Waals surface area contributed by atoms with Crippen molar-refractivity contribution in [2.24, 2.45) is 0 Å². The van der Waals surface area contributed by atoms with E-state index in [4.69, 9.17) is 26.4 Å². The summed E-state index contributed by atoms with van der Waals surface area (Å²) < 4.78 is 7.75. The molecule has 3 aromatic carbocycles. The molecule has 0 aliphatic carbocycles. The smallest absolute Gasteiger partial charge is 0.307 e. The van der Waals surface area contributed by atoms with Crippen LogP contribution in [0.4, 0.5) is 5.69 Å². The van der Waals surface area contributed by atoms with Gasteiger partial charge in [0.2, 0.25) is 0 Å². The van der Waals surface area contributed by atoms with Crippen LogP contribution in [-0.4, -0.2) is 45.4 Å². The standard InChI is InChI=1S/C34H29ClN4O3/c1-21-27(19-31(40)41)33-26-13-14-29-34(32(26)35)38(16-17-42-29)15-6-2-3-8-22-9-4-5-12-25(22)23-10-7-11-24(18-23)28-20-30(36-21)39(33)37-28/h2,4-7,9-14,18,20H,3,8,15-17,19H2,1H3,(H,40,41)/b6-2-. The molecule has 1 N–H and O–H groups in total. The molecule has 2 aliphatic rings. The van der Waals surface area contributed by atoms with Crippen LogP contribution in [0.3, 0.4) is 0 Å². The van der Waals surface area contributed by atoms with Crippen LogP contribution >= 0.6 is 11.6 Å². The van der Waals surface area contributed by atoms with E-state index >= 15 is 0 Å². The van der Waals surface area contributed by atoms with Crippen molar-refractivity contribution in [3.8, 4) is 39.4 Å². The number of nitrogens with zero attached hydrogens (tertiary/aromatic N) is 4. The average molecular weight is 577 g/mol. The van der Waals surface area contributed by atoms with Crippen LogP contribution in [-0.2, 0) is 17.6 Å². The highest BCUT2D eigenvalue weighted by atomic mass is 35.5. The van der Waals surface area contributed by atoms with Gasteiger partial charge >= 0.3 is 5.97 Å². The molecule has 0 fully saturated rings. The number of rotatable bonds is 2. The van der Waals surface area contributed by atoms with Crippen molar-refractivity contribution in [1.29, 1.82) is 0 Å². The van der Waals surface area contributed by atoms with Gasteiger partial charge in [-0.15, -0.1) is 0 Å². The molecule has 2 aliphatic heterocycles. The number of carboxylic acids is 1. The zero-order chi connectivity index (χ0) is 28.8. The van der Waals surface area contributed by atoms with Gasteiger partial charge in [-0.2, -0.15) is 5.10 Å². The van der Waals surface area contributed by atoms with E-state index in [-0.39, 0.29) is 6.42 Å². The number of anilines is 1. The van der Waals surface area contributed by atoms with Crippen molar-refractivity contribution in [3.63, 3.8) is 0 Å². The molecule has 2 aromatic heterocycles. The minimum absolute atomic E-state index is 0.206. The number of hydrogen-bond acceptors (Lipinski definition) is 5. The lowest BCUT2D eigenvalue weighted by Gasteiger charge is -2.32. The summed E-state index contributed by atoms with van der Waals surface area (Å²) in [5.41, 5.74) is 9.28. The van der Waals surface area contributed by atoms with Gasteiger partial charge in [-0.3, -0.25) is 4.79 Å². The molecule has 5 aromatic rings. The fourth-order valence-electron chi connectivity index (χ4n) is 6.06. The van der Waals surface area contributed by atoms with Gasteiger partial charge in [-0.25, -0.2) is 9.50 Å². The molecule has 210 valence electrons. The monoisotopic (exact) mass is 576 g/mol. The number of allylic oxidation sites excluding steroid dienone is 1. The number of halogens is 1. The summed E-state index contributed by atoms with van der Waals surface area (Å²) in [6.07, 6.45) is 6.05. The Balaban J connectivity index is 1.52. The molecule has 4 heterocycles. The first-order valence-corrected chi connectivity index (χ1v) is 14.5. The normalized spacial score (nSPS) is 15.0. The van der Waals surface area contributed by atoms with E-state index in [2.05, 4.69) is 53.5 Å². The molecule has 42 heavy (non-hydrogen) atoms. The lowest BCUT2D eigenvalue weighted by atomic mass is 9.95. The molecule has 0 amide bonds. The number of aliphatic carboxylic acids is 1. The predicted molar refractivity (Wildman–Crippen MR) is 166 cm³/mol. The van der Waals surface area contributed by atoms with Gasteiger partial charge < -0.3 is 14.7 Å². The van der Waals surface area contributed by atoms with Crippen molar-refractivity contribution < 1.29 is 14.6 Å². The molecular formula is C34H29ClN4O3. The fraction of sp³-hybridized carbons (Fsp3) is 0.206. The molecular weight excluding hydrogens is 548 g/mol. The zero-order valence-corrected chi connectivity index (χ0v) is 23.9. The summed E-state index contributed by atoms with van der Waals surface area (Å²) in [4.78, 5) is 19.0. The Morgan fingerprint density at radius 3 is 2.76 bits per heavy atom. The van der Waals surface area contributed by atoms with Crippen LogP contribution in [0, 0.1) is 6.92 Å². The van der Waals surface area contributed by atoms with Crippen molar-refractivity contribution in [1.82, 2.24) is 14.6 Å². The van der Waals surface area contributed by atoms with Gasteiger partial charge in [0.1, 0.15) is 12.4 Å². The van der Waals surface area contributed by atoms with Crippen molar-refractivity contribution in [3.05, 3.63) is 101 Å². The Morgan fingerprint density at radius 1 is 1.02 bits per heavy atom. The number of hydrogen-bond donors (Lipinski definition) is 1.